The molecule has 0 aliphatic carbocycles. The minimum atomic E-state index is -0.915. The molecule has 9 nitrogen and oxygen atoms in total. The number of aromatic hydroxyl groups is 1. The van der Waals surface area contributed by atoms with Crippen LogP contribution in [0.15, 0.2) is 48.7 Å². The average Bonchev–Trinajstić information content (AvgIpc) is 2.70. The summed E-state index contributed by atoms with van der Waals surface area (Å²) in [5, 5.41) is 30.7. The van der Waals surface area contributed by atoms with Crippen molar-refractivity contribution in [3.63, 3.8) is 0 Å². The number of hydrogen-bond donors (Lipinski definition) is 4. The number of halogens is 1. The van der Waals surface area contributed by atoms with E-state index in [1.807, 2.05) is 0 Å². The summed E-state index contributed by atoms with van der Waals surface area (Å²) in [5.41, 5.74) is 0.466. The normalized spacial score (nSPS) is 18.0. The number of nitrogens with one attached hydrogen (secondary N) is 3. The first-order valence-corrected chi connectivity index (χ1v) is 9.97. The Morgan fingerprint density at radius 2 is 2.13 bits per heavy atom. The number of rotatable bonds is 6. The molecule has 0 radical (unpaired) electrons. The number of amides is 1. The summed E-state index contributed by atoms with van der Waals surface area (Å²) in [6.07, 6.45) is 0. The third kappa shape index (κ3) is 4.70. The van der Waals surface area contributed by atoms with Crippen LogP contribution < -0.4 is 20.7 Å². The van der Waals surface area contributed by atoms with E-state index in [1.165, 1.54) is 12.1 Å². The Labute approximate surface area is 188 Å². The molecule has 11 heteroatoms. The monoisotopic (exact) mass is 462 g/mol. The van der Waals surface area contributed by atoms with Crippen molar-refractivity contribution in [1.29, 1.82) is 0 Å². The van der Waals surface area contributed by atoms with Crippen LogP contribution in [-0.2, 0) is 4.79 Å². The maximum Gasteiger partial charge on any atom is 0.315 e. The topological polar surface area (TPSA) is 126 Å². The van der Waals surface area contributed by atoms with Crippen molar-refractivity contribution in [2.75, 3.05) is 11.9 Å². The fourth-order valence-electron chi connectivity index (χ4n) is 3.24. The largest absolute Gasteiger partial charge is 0.500 e. The summed E-state index contributed by atoms with van der Waals surface area (Å²) in [5.74, 6) is -2.04. The van der Waals surface area contributed by atoms with Crippen molar-refractivity contribution >= 4 is 46.2 Å². The smallest absolute Gasteiger partial charge is 0.315 e. The van der Waals surface area contributed by atoms with E-state index >= 15 is 0 Å². The van der Waals surface area contributed by atoms with Gasteiger partial charge < -0.3 is 25.8 Å². The van der Waals surface area contributed by atoms with Crippen LogP contribution in [-0.4, -0.2) is 27.7 Å². The van der Waals surface area contributed by atoms with Gasteiger partial charge in [-0.1, -0.05) is 30.3 Å². The molecule has 4 N–H and O–H groups in total. The molecule has 0 unspecified atom stereocenters. The Morgan fingerprint density at radius 3 is 2.77 bits per heavy atom. The van der Waals surface area contributed by atoms with E-state index in [9.17, 15) is 20.0 Å². The van der Waals surface area contributed by atoms with Crippen LogP contribution in [0.4, 0.5) is 11.4 Å². The van der Waals surface area contributed by atoms with Crippen molar-refractivity contribution in [3.8, 4) is 11.5 Å². The number of nitro groups is 1. The van der Waals surface area contributed by atoms with Gasteiger partial charge in [-0.15, -0.1) is 0 Å². The Hall–Kier alpha value is -3.37. The summed E-state index contributed by atoms with van der Waals surface area (Å²) in [7, 11) is 0. The van der Waals surface area contributed by atoms with Crippen LogP contribution >= 0.6 is 23.8 Å². The van der Waals surface area contributed by atoms with Gasteiger partial charge in [-0.25, -0.2) is 0 Å². The van der Waals surface area contributed by atoms with Crippen LogP contribution in [0.5, 0.6) is 11.5 Å². The maximum absolute atomic E-state index is 13.1. The Balaban J connectivity index is 2.05. The summed E-state index contributed by atoms with van der Waals surface area (Å²) in [6.45, 7) is 5.75. The van der Waals surface area contributed by atoms with E-state index in [4.69, 9.17) is 28.6 Å². The van der Waals surface area contributed by atoms with Gasteiger partial charge in [0.1, 0.15) is 5.92 Å². The quantitative estimate of drug-likeness (QED) is 0.291. The lowest BCUT2D eigenvalue weighted by atomic mass is 9.87. The minimum absolute atomic E-state index is 0.0752. The highest BCUT2D eigenvalue weighted by Gasteiger charge is 2.38. The van der Waals surface area contributed by atoms with Crippen molar-refractivity contribution in [2.45, 2.75) is 13.0 Å². The predicted octanol–water partition coefficient (Wildman–Crippen LogP) is 3.64. The van der Waals surface area contributed by atoms with Gasteiger partial charge in [0.15, 0.2) is 10.9 Å². The van der Waals surface area contributed by atoms with E-state index in [1.54, 1.807) is 31.2 Å². The number of thiocarbonyl (C=S) groups is 1. The lowest BCUT2D eigenvalue weighted by molar-refractivity contribution is -0.386. The molecule has 1 amide bonds. The van der Waals surface area contributed by atoms with E-state index in [2.05, 4.69) is 22.5 Å². The Morgan fingerprint density at radius 1 is 1.42 bits per heavy atom. The summed E-state index contributed by atoms with van der Waals surface area (Å²) < 4.78 is 5.35. The highest BCUT2D eigenvalue weighted by Crippen LogP contribution is 2.41. The number of ether oxygens (including phenoxy) is 1. The van der Waals surface area contributed by atoms with Gasteiger partial charge in [0.05, 0.1) is 28.3 Å². The Bertz CT molecular complexity index is 1080. The number of carbonyl (C=O) groups excluding carboxylic acids is 1. The second-order valence-electron chi connectivity index (χ2n) is 6.63. The number of para-hydroxylation sites is 1. The zero-order valence-electron chi connectivity index (χ0n) is 16.3. The highest BCUT2D eigenvalue weighted by atomic mass is 35.5. The van der Waals surface area contributed by atoms with Crippen LogP contribution in [0.25, 0.3) is 0 Å². The first-order chi connectivity index (χ1) is 14.7. The molecule has 1 aliphatic heterocycles. The third-order valence-corrected chi connectivity index (χ3v) is 5.17. The Kier molecular flexibility index (Phi) is 6.62. The molecule has 1 aliphatic rings. The molecule has 31 heavy (non-hydrogen) atoms. The SMILES string of the molecule is C=C1NC(=S)N[C@@H](c2cc(OCC)c(O)c([N+](=O)[O-])c2)[C@H]1C(=O)Nc1ccccc1Cl. The second-order valence-corrected chi connectivity index (χ2v) is 7.44. The van der Waals surface area contributed by atoms with Gasteiger partial charge >= 0.3 is 5.69 Å². The molecule has 0 bridgehead atoms. The first-order valence-electron chi connectivity index (χ1n) is 9.18. The molecular weight excluding hydrogens is 444 g/mol. The van der Waals surface area contributed by atoms with Crippen LogP contribution in [0, 0.1) is 16.0 Å². The predicted molar refractivity (Wildman–Crippen MR) is 120 cm³/mol. The first kappa shape index (κ1) is 22.3. The van der Waals surface area contributed by atoms with Crippen molar-refractivity contribution in [3.05, 3.63) is 69.4 Å². The zero-order valence-corrected chi connectivity index (χ0v) is 17.9. The molecule has 0 saturated carbocycles. The molecule has 1 fully saturated rings. The fourth-order valence-corrected chi connectivity index (χ4v) is 3.68. The molecule has 2 aromatic rings. The maximum atomic E-state index is 13.1. The summed E-state index contributed by atoms with van der Waals surface area (Å²) >= 11 is 11.3. The van der Waals surface area contributed by atoms with E-state index in [0.717, 1.165) is 0 Å². The van der Waals surface area contributed by atoms with Crippen LogP contribution in [0.3, 0.4) is 0 Å². The molecule has 2 aromatic carbocycles. The molecule has 1 heterocycles. The molecule has 0 spiro atoms. The van der Waals surface area contributed by atoms with E-state index < -0.39 is 34.2 Å². The molecule has 3 rings (SSSR count). The molecule has 0 aromatic heterocycles. The summed E-state index contributed by atoms with van der Waals surface area (Å²) in [4.78, 5) is 23.9. The number of benzene rings is 2. The molecule has 1 saturated heterocycles. The van der Waals surface area contributed by atoms with Crippen molar-refractivity contribution < 1.29 is 19.6 Å². The number of phenols is 1. The zero-order chi connectivity index (χ0) is 22.7. The highest BCUT2D eigenvalue weighted by molar-refractivity contribution is 7.80. The number of nitrogens with zero attached hydrogens (tertiary/aromatic N) is 1. The number of hydrogen-bond acceptors (Lipinski definition) is 6. The van der Waals surface area contributed by atoms with Crippen LogP contribution in [0.1, 0.15) is 18.5 Å². The number of carbonyl (C=O) groups is 1. The summed E-state index contributed by atoms with van der Waals surface area (Å²) in [6, 6.07) is 8.51. The molecule has 2 atom stereocenters. The fraction of sp³-hybridized carbons (Fsp3) is 0.200. The van der Waals surface area contributed by atoms with Gasteiger partial charge in [0.2, 0.25) is 11.7 Å². The lowest BCUT2D eigenvalue weighted by Gasteiger charge is -2.35. The second kappa shape index (κ2) is 9.19. The van der Waals surface area contributed by atoms with Crippen molar-refractivity contribution in [1.82, 2.24) is 10.6 Å². The van der Waals surface area contributed by atoms with Gasteiger partial charge in [-0.3, -0.25) is 14.9 Å². The van der Waals surface area contributed by atoms with Gasteiger partial charge in [0.25, 0.3) is 0 Å². The molecular formula is C20H19ClN4O5S. The van der Waals surface area contributed by atoms with Gasteiger partial charge in [-0.2, -0.15) is 0 Å². The standard InChI is InChI=1S/C20H19ClN4O5S/c1-3-30-15-9-11(8-14(18(15)26)25(28)29)17-16(10(2)22-20(31)24-17)19(27)23-13-7-5-4-6-12(13)21/h4-9,16-17,26H,2-3H2,1H3,(H,23,27)(H2,22,24,31)/t16-,17-/m0/s1. The van der Waals surface area contributed by atoms with Gasteiger partial charge in [-0.05, 0) is 42.9 Å². The average molecular weight is 463 g/mol. The number of nitro benzene ring substituents is 1. The number of phenolic OH excluding ortho intramolecular Hbond substituents is 1. The van der Waals surface area contributed by atoms with E-state index in [-0.39, 0.29) is 17.5 Å². The van der Waals surface area contributed by atoms with Crippen molar-refractivity contribution in [2.24, 2.45) is 5.92 Å². The molecule has 162 valence electrons. The van der Waals surface area contributed by atoms with E-state index in [0.29, 0.717) is 22.0 Å². The minimum Gasteiger partial charge on any atom is -0.500 e. The van der Waals surface area contributed by atoms with Crippen LogP contribution in [0.2, 0.25) is 5.02 Å². The number of anilines is 1. The third-order valence-electron chi connectivity index (χ3n) is 4.62. The lowest BCUT2D eigenvalue weighted by Crippen LogP contribution is -2.51. The van der Waals surface area contributed by atoms with Gasteiger partial charge in [0, 0.05) is 11.8 Å².